The summed E-state index contributed by atoms with van der Waals surface area (Å²) in [4.78, 5) is 0. The van der Waals surface area contributed by atoms with Gasteiger partial charge >= 0.3 is 0 Å². The van der Waals surface area contributed by atoms with E-state index in [1.54, 1.807) is 13.2 Å². The maximum Gasteiger partial charge on any atom is 0.165 e. The summed E-state index contributed by atoms with van der Waals surface area (Å²) in [5.74, 6) is 1.29. The van der Waals surface area contributed by atoms with Crippen LogP contribution in [-0.4, -0.2) is 25.4 Å². The monoisotopic (exact) mass is 335 g/mol. The molecule has 1 atom stereocenters. The first-order chi connectivity index (χ1) is 11.2. The Morgan fingerprint density at radius 1 is 1.22 bits per heavy atom. The summed E-state index contributed by atoms with van der Waals surface area (Å²) in [6.45, 7) is 3.42. The van der Waals surface area contributed by atoms with Crippen LogP contribution in [0.1, 0.15) is 24.2 Å². The lowest BCUT2D eigenvalue weighted by atomic mass is 10.1. The third-order valence-electron chi connectivity index (χ3n) is 3.44. The van der Waals surface area contributed by atoms with Crippen LogP contribution >= 0.6 is 11.6 Å². The molecule has 0 radical (unpaired) electrons. The van der Waals surface area contributed by atoms with Crippen LogP contribution in [0.5, 0.6) is 11.5 Å². The summed E-state index contributed by atoms with van der Waals surface area (Å²) in [6.07, 6.45) is -0.562. The van der Waals surface area contributed by atoms with Crippen LogP contribution in [0.4, 0.5) is 0 Å². The van der Waals surface area contributed by atoms with E-state index in [2.05, 4.69) is 5.32 Å². The van der Waals surface area contributed by atoms with Crippen molar-refractivity contribution in [2.45, 2.75) is 19.6 Å². The third kappa shape index (κ3) is 4.86. The summed E-state index contributed by atoms with van der Waals surface area (Å²) < 4.78 is 11.0. The molecule has 2 N–H and O–H groups in total. The van der Waals surface area contributed by atoms with Crippen molar-refractivity contribution < 1.29 is 14.6 Å². The Morgan fingerprint density at radius 2 is 1.96 bits per heavy atom. The average molecular weight is 336 g/mol. The van der Waals surface area contributed by atoms with Crippen LogP contribution in [-0.2, 0) is 6.54 Å². The van der Waals surface area contributed by atoms with Crippen LogP contribution in [0.3, 0.4) is 0 Å². The predicted molar refractivity (Wildman–Crippen MR) is 92.3 cm³/mol. The van der Waals surface area contributed by atoms with Gasteiger partial charge in [0.05, 0.1) is 19.8 Å². The molecule has 0 saturated carbocycles. The first-order valence-electron chi connectivity index (χ1n) is 7.58. The topological polar surface area (TPSA) is 50.7 Å². The van der Waals surface area contributed by atoms with Crippen molar-refractivity contribution in [3.63, 3.8) is 0 Å². The highest BCUT2D eigenvalue weighted by Gasteiger charge is 2.13. The fraction of sp³-hybridized carbons (Fsp3) is 0.333. The molecule has 0 aliphatic carbocycles. The maximum atomic E-state index is 10.2. The molecule has 1 unspecified atom stereocenters. The number of aliphatic hydroxyl groups is 1. The lowest BCUT2D eigenvalue weighted by Gasteiger charge is -2.17. The first-order valence-corrected chi connectivity index (χ1v) is 7.96. The molecule has 2 aromatic rings. The number of halogens is 1. The van der Waals surface area contributed by atoms with E-state index in [4.69, 9.17) is 21.1 Å². The second kappa shape index (κ2) is 8.77. The second-order valence-electron chi connectivity index (χ2n) is 5.09. The van der Waals surface area contributed by atoms with Gasteiger partial charge in [0.1, 0.15) is 0 Å². The Balaban J connectivity index is 2.03. The van der Waals surface area contributed by atoms with Gasteiger partial charge < -0.3 is 19.9 Å². The smallest absolute Gasteiger partial charge is 0.165 e. The van der Waals surface area contributed by atoms with E-state index < -0.39 is 6.10 Å². The van der Waals surface area contributed by atoms with Gasteiger partial charge in [-0.1, -0.05) is 41.9 Å². The van der Waals surface area contributed by atoms with Gasteiger partial charge in [0, 0.05) is 29.7 Å². The summed E-state index contributed by atoms with van der Waals surface area (Å²) in [5, 5.41) is 14.0. The molecule has 124 valence electrons. The number of nitrogens with one attached hydrogen (secondary N) is 1. The van der Waals surface area contributed by atoms with Crippen molar-refractivity contribution in [2.24, 2.45) is 0 Å². The molecule has 4 nitrogen and oxygen atoms in total. The maximum absolute atomic E-state index is 10.2. The Kier molecular flexibility index (Phi) is 6.71. The Labute approximate surface area is 142 Å². The van der Waals surface area contributed by atoms with Crippen LogP contribution in [0.25, 0.3) is 0 Å². The van der Waals surface area contributed by atoms with E-state index in [-0.39, 0.29) is 0 Å². The molecule has 2 rings (SSSR count). The number of ether oxygens (including phenoxy) is 2. The van der Waals surface area contributed by atoms with E-state index >= 15 is 0 Å². The largest absolute Gasteiger partial charge is 0.493 e. The molecule has 0 bridgehead atoms. The van der Waals surface area contributed by atoms with Gasteiger partial charge in [0.25, 0.3) is 0 Å². The van der Waals surface area contributed by atoms with Crippen LogP contribution in [0.15, 0.2) is 42.5 Å². The van der Waals surface area contributed by atoms with Gasteiger partial charge in [0.2, 0.25) is 0 Å². The summed E-state index contributed by atoms with van der Waals surface area (Å²) in [6, 6.07) is 13.1. The SMILES string of the molecule is CCOc1c(CNCC(O)c2ccccc2)cc(Cl)cc1OC. The van der Waals surface area contributed by atoms with Crippen molar-refractivity contribution in [3.05, 3.63) is 58.6 Å². The minimum Gasteiger partial charge on any atom is -0.493 e. The van der Waals surface area contributed by atoms with Crippen molar-refractivity contribution in [3.8, 4) is 11.5 Å². The quantitative estimate of drug-likeness (QED) is 0.774. The standard InChI is InChI=1S/C18H22ClNO3/c1-3-23-18-14(9-15(19)10-17(18)22-2)11-20-12-16(21)13-7-5-4-6-8-13/h4-10,16,20-21H,3,11-12H2,1-2H3. The van der Waals surface area contributed by atoms with Gasteiger partial charge in [0.15, 0.2) is 11.5 Å². The van der Waals surface area contributed by atoms with Gasteiger partial charge in [-0.15, -0.1) is 0 Å². The van der Waals surface area contributed by atoms with Crippen molar-refractivity contribution in [1.29, 1.82) is 0 Å². The number of aliphatic hydroxyl groups excluding tert-OH is 1. The average Bonchev–Trinajstić information content (AvgIpc) is 2.57. The molecule has 2 aromatic carbocycles. The zero-order chi connectivity index (χ0) is 16.7. The molecular formula is C18H22ClNO3. The normalized spacial score (nSPS) is 12.0. The number of hydrogen-bond donors (Lipinski definition) is 2. The highest BCUT2D eigenvalue weighted by atomic mass is 35.5. The minimum atomic E-state index is -0.562. The number of methoxy groups -OCH3 is 1. The molecule has 23 heavy (non-hydrogen) atoms. The molecule has 0 aliphatic rings. The molecule has 0 spiro atoms. The highest BCUT2D eigenvalue weighted by Crippen LogP contribution is 2.34. The molecule has 0 amide bonds. The summed E-state index contributed by atoms with van der Waals surface area (Å²) >= 11 is 6.13. The number of hydrogen-bond acceptors (Lipinski definition) is 4. The Bertz CT molecular complexity index is 619. The Hall–Kier alpha value is -1.75. The van der Waals surface area contributed by atoms with Gasteiger partial charge in [-0.25, -0.2) is 0 Å². The lowest BCUT2D eigenvalue weighted by molar-refractivity contribution is 0.174. The van der Waals surface area contributed by atoms with Gasteiger partial charge in [-0.2, -0.15) is 0 Å². The molecule has 0 saturated heterocycles. The zero-order valence-electron chi connectivity index (χ0n) is 13.4. The van der Waals surface area contributed by atoms with Crippen LogP contribution in [0, 0.1) is 0 Å². The number of rotatable bonds is 8. The molecule has 0 heterocycles. The lowest BCUT2D eigenvalue weighted by Crippen LogP contribution is -2.21. The number of benzene rings is 2. The summed E-state index contributed by atoms with van der Waals surface area (Å²) in [5.41, 5.74) is 1.78. The Morgan fingerprint density at radius 3 is 2.61 bits per heavy atom. The summed E-state index contributed by atoms with van der Waals surface area (Å²) in [7, 11) is 1.59. The molecule has 5 heteroatoms. The van der Waals surface area contributed by atoms with Gasteiger partial charge in [-0.05, 0) is 18.6 Å². The minimum absolute atomic E-state index is 0.435. The van der Waals surface area contributed by atoms with Crippen LogP contribution in [0.2, 0.25) is 5.02 Å². The second-order valence-corrected chi connectivity index (χ2v) is 5.52. The molecule has 0 aliphatic heterocycles. The zero-order valence-corrected chi connectivity index (χ0v) is 14.1. The molecule has 0 fully saturated rings. The van der Waals surface area contributed by atoms with E-state index in [9.17, 15) is 5.11 Å². The fourth-order valence-corrected chi connectivity index (χ4v) is 2.58. The predicted octanol–water partition coefficient (Wildman–Crippen LogP) is 3.57. The van der Waals surface area contributed by atoms with E-state index in [1.807, 2.05) is 43.3 Å². The third-order valence-corrected chi connectivity index (χ3v) is 3.66. The van der Waals surface area contributed by atoms with Crippen molar-refractivity contribution in [2.75, 3.05) is 20.3 Å². The highest BCUT2D eigenvalue weighted by molar-refractivity contribution is 6.30. The fourth-order valence-electron chi connectivity index (χ4n) is 2.35. The van der Waals surface area contributed by atoms with Gasteiger partial charge in [-0.3, -0.25) is 0 Å². The van der Waals surface area contributed by atoms with E-state index in [0.29, 0.717) is 36.2 Å². The van der Waals surface area contributed by atoms with Crippen molar-refractivity contribution >= 4 is 11.6 Å². The van der Waals surface area contributed by atoms with E-state index in [0.717, 1.165) is 11.1 Å². The first kappa shape index (κ1) is 17.6. The van der Waals surface area contributed by atoms with Crippen LogP contribution < -0.4 is 14.8 Å². The van der Waals surface area contributed by atoms with E-state index in [1.165, 1.54) is 0 Å². The molecule has 0 aromatic heterocycles. The van der Waals surface area contributed by atoms with Crippen molar-refractivity contribution in [1.82, 2.24) is 5.32 Å². The molecular weight excluding hydrogens is 314 g/mol.